The van der Waals surface area contributed by atoms with Crippen molar-refractivity contribution in [1.29, 1.82) is 0 Å². The molecule has 0 radical (unpaired) electrons. The highest BCUT2D eigenvalue weighted by Crippen LogP contribution is 2.24. The predicted molar refractivity (Wildman–Crippen MR) is 110 cm³/mol. The monoisotopic (exact) mass is 440 g/mol. The Labute approximate surface area is 168 Å². The van der Waals surface area contributed by atoms with Crippen molar-refractivity contribution < 1.29 is 4.79 Å². The van der Waals surface area contributed by atoms with Gasteiger partial charge in [0.15, 0.2) is 0 Å². The third-order valence-electron chi connectivity index (χ3n) is 4.44. The maximum Gasteiger partial charge on any atom is 0.329 e. The molecule has 0 aliphatic carbocycles. The largest absolute Gasteiger partial charge is 0.329 e. The van der Waals surface area contributed by atoms with Crippen LogP contribution in [0.1, 0.15) is 6.92 Å². The quantitative estimate of drug-likeness (QED) is 0.516. The van der Waals surface area contributed by atoms with Crippen LogP contribution in [-0.4, -0.2) is 29.8 Å². The number of hydrogen-bond donors (Lipinski definition) is 1. The van der Waals surface area contributed by atoms with Gasteiger partial charge in [-0.1, -0.05) is 28.1 Å². The summed E-state index contributed by atoms with van der Waals surface area (Å²) in [6.45, 7) is 2.36. The maximum absolute atomic E-state index is 12.8. The Kier molecular flexibility index (Phi) is 4.82. The summed E-state index contributed by atoms with van der Waals surface area (Å²) in [6, 6.07) is 12.9. The number of fused-ring (bicyclic) bond motifs is 1. The number of nitrogens with zero attached hydrogens (tertiary/aromatic N) is 5. The summed E-state index contributed by atoms with van der Waals surface area (Å²) in [5.41, 5.74) is 2.59. The van der Waals surface area contributed by atoms with Crippen molar-refractivity contribution in [2.45, 2.75) is 20.0 Å². The Hall–Kier alpha value is -3.20. The number of carbonyl (C=O) groups excluding carboxylic acids is 1. The zero-order valence-electron chi connectivity index (χ0n) is 15.0. The van der Waals surface area contributed by atoms with Crippen molar-refractivity contribution >= 4 is 38.6 Å². The number of carbonyl (C=O) groups is 1. The summed E-state index contributed by atoms with van der Waals surface area (Å²) in [7, 11) is 0. The molecule has 2 aromatic heterocycles. The summed E-state index contributed by atoms with van der Waals surface area (Å²) < 4.78 is 5.52. The molecule has 0 aliphatic rings. The molecular formula is C19H17BrN6O2. The molecule has 0 atom stereocenters. The van der Waals surface area contributed by atoms with Crippen LogP contribution >= 0.6 is 15.9 Å². The molecule has 142 valence electrons. The van der Waals surface area contributed by atoms with Crippen LogP contribution in [0, 0.1) is 0 Å². The SMILES string of the molecule is CCn1c(=O)n(CC(=O)Nc2cc(Br)ccc2-n2cncn2)c2ccccc21. The molecule has 2 heterocycles. The van der Waals surface area contributed by atoms with E-state index in [2.05, 4.69) is 31.3 Å². The van der Waals surface area contributed by atoms with Gasteiger partial charge in [-0.15, -0.1) is 0 Å². The van der Waals surface area contributed by atoms with Crippen molar-refractivity contribution in [1.82, 2.24) is 23.9 Å². The van der Waals surface area contributed by atoms with Gasteiger partial charge in [0.25, 0.3) is 0 Å². The van der Waals surface area contributed by atoms with Crippen LogP contribution in [0.3, 0.4) is 0 Å². The molecule has 0 fully saturated rings. The molecule has 0 saturated carbocycles. The van der Waals surface area contributed by atoms with Crippen molar-refractivity contribution in [2.24, 2.45) is 0 Å². The molecule has 0 aliphatic heterocycles. The summed E-state index contributed by atoms with van der Waals surface area (Å²) in [5.74, 6) is -0.305. The molecule has 2 aromatic carbocycles. The van der Waals surface area contributed by atoms with E-state index >= 15 is 0 Å². The fraction of sp³-hybridized carbons (Fsp3) is 0.158. The van der Waals surface area contributed by atoms with E-state index in [0.29, 0.717) is 17.9 Å². The number of aromatic nitrogens is 5. The van der Waals surface area contributed by atoms with Gasteiger partial charge in [0.1, 0.15) is 19.2 Å². The molecule has 0 saturated heterocycles. The highest BCUT2D eigenvalue weighted by molar-refractivity contribution is 9.10. The molecule has 0 unspecified atom stereocenters. The second kappa shape index (κ2) is 7.43. The van der Waals surface area contributed by atoms with E-state index in [1.54, 1.807) is 21.6 Å². The normalized spacial score (nSPS) is 11.1. The van der Waals surface area contributed by atoms with Crippen molar-refractivity contribution in [3.8, 4) is 5.69 Å². The van der Waals surface area contributed by atoms with Gasteiger partial charge in [-0.3, -0.25) is 13.9 Å². The van der Waals surface area contributed by atoms with Crippen LogP contribution in [0.4, 0.5) is 5.69 Å². The number of para-hydroxylation sites is 2. The number of aryl methyl sites for hydroxylation is 1. The van der Waals surface area contributed by atoms with Crippen molar-refractivity contribution in [3.63, 3.8) is 0 Å². The average Bonchev–Trinajstić information content (AvgIpc) is 3.29. The average molecular weight is 441 g/mol. The molecule has 1 amide bonds. The number of rotatable bonds is 5. The van der Waals surface area contributed by atoms with Gasteiger partial charge in [0.05, 0.1) is 22.4 Å². The van der Waals surface area contributed by atoms with Crippen LogP contribution in [-0.2, 0) is 17.9 Å². The topological polar surface area (TPSA) is 86.7 Å². The lowest BCUT2D eigenvalue weighted by atomic mass is 10.2. The van der Waals surface area contributed by atoms with Gasteiger partial charge in [-0.2, -0.15) is 5.10 Å². The molecule has 28 heavy (non-hydrogen) atoms. The second-order valence-electron chi connectivity index (χ2n) is 6.15. The highest BCUT2D eigenvalue weighted by atomic mass is 79.9. The van der Waals surface area contributed by atoms with Crippen LogP contribution in [0.25, 0.3) is 16.7 Å². The zero-order valence-corrected chi connectivity index (χ0v) is 16.6. The standard InChI is InChI=1S/C19H17BrN6O2/c1-2-24-16-5-3-4-6-17(16)25(19(24)28)10-18(27)23-14-9-13(20)7-8-15(14)26-12-21-11-22-26/h3-9,11-12H,2,10H2,1H3,(H,23,27). The molecule has 9 heteroatoms. The first-order valence-electron chi connectivity index (χ1n) is 8.71. The number of amides is 1. The Morgan fingerprint density at radius 1 is 1.14 bits per heavy atom. The van der Waals surface area contributed by atoms with Crippen molar-refractivity contribution in [2.75, 3.05) is 5.32 Å². The van der Waals surface area contributed by atoms with Crippen LogP contribution in [0.2, 0.25) is 0 Å². The first-order valence-corrected chi connectivity index (χ1v) is 9.50. The number of imidazole rings is 1. The van der Waals surface area contributed by atoms with Gasteiger partial charge in [0, 0.05) is 11.0 Å². The lowest BCUT2D eigenvalue weighted by Gasteiger charge is -2.12. The summed E-state index contributed by atoms with van der Waals surface area (Å²) in [4.78, 5) is 29.4. The lowest BCUT2D eigenvalue weighted by Crippen LogP contribution is -2.29. The lowest BCUT2D eigenvalue weighted by molar-refractivity contribution is -0.116. The summed E-state index contributed by atoms with van der Waals surface area (Å²) >= 11 is 3.42. The van der Waals surface area contributed by atoms with Crippen LogP contribution in [0.5, 0.6) is 0 Å². The van der Waals surface area contributed by atoms with E-state index in [4.69, 9.17) is 0 Å². The van der Waals surface area contributed by atoms with E-state index in [1.807, 2.05) is 43.3 Å². The molecular weight excluding hydrogens is 424 g/mol. The minimum atomic E-state index is -0.305. The van der Waals surface area contributed by atoms with E-state index in [1.165, 1.54) is 10.9 Å². The fourth-order valence-electron chi connectivity index (χ4n) is 3.20. The Morgan fingerprint density at radius 3 is 2.57 bits per heavy atom. The Balaban J connectivity index is 1.67. The molecule has 4 aromatic rings. The third-order valence-corrected chi connectivity index (χ3v) is 4.93. The van der Waals surface area contributed by atoms with E-state index in [-0.39, 0.29) is 18.1 Å². The molecule has 1 N–H and O–H groups in total. The summed E-state index contributed by atoms with van der Waals surface area (Å²) in [6.07, 6.45) is 2.98. The second-order valence-corrected chi connectivity index (χ2v) is 7.07. The van der Waals surface area contributed by atoms with E-state index in [0.717, 1.165) is 15.5 Å². The van der Waals surface area contributed by atoms with Gasteiger partial charge in [0.2, 0.25) is 5.91 Å². The Bertz CT molecular complexity index is 1210. The highest BCUT2D eigenvalue weighted by Gasteiger charge is 2.16. The first kappa shape index (κ1) is 18.2. The zero-order chi connectivity index (χ0) is 19.7. The number of nitrogens with one attached hydrogen (secondary N) is 1. The molecule has 0 bridgehead atoms. The smallest absolute Gasteiger partial charge is 0.323 e. The molecule has 0 spiro atoms. The third kappa shape index (κ3) is 3.24. The number of anilines is 1. The van der Waals surface area contributed by atoms with Gasteiger partial charge in [-0.05, 0) is 37.3 Å². The number of hydrogen-bond acceptors (Lipinski definition) is 4. The van der Waals surface area contributed by atoms with Crippen LogP contribution < -0.4 is 11.0 Å². The van der Waals surface area contributed by atoms with Gasteiger partial charge in [-0.25, -0.2) is 14.5 Å². The first-order chi connectivity index (χ1) is 13.6. The van der Waals surface area contributed by atoms with Gasteiger partial charge >= 0.3 is 5.69 Å². The molecule has 4 rings (SSSR count). The minimum absolute atomic E-state index is 0.0876. The maximum atomic E-state index is 12.8. The van der Waals surface area contributed by atoms with Crippen molar-refractivity contribution in [3.05, 3.63) is 70.1 Å². The van der Waals surface area contributed by atoms with E-state index < -0.39 is 0 Å². The van der Waals surface area contributed by atoms with Crippen LogP contribution in [0.15, 0.2) is 64.4 Å². The Morgan fingerprint density at radius 2 is 1.89 bits per heavy atom. The predicted octanol–water partition coefficient (Wildman–Crippen LogP) is 2.80. The minimum Gasteiger partial charge on any atom is -0.323 e. The summed E-state index contributed by atoms with van der Waals surface area (Å²) in [5, 5.41) is 7.00. The number of benzene rings is 2. The van der Waals surface area contributed by atoms with E-state index in [9.17, 15) is 9.59 Å². The number of halogens is 1. The fourth-order valence-corrected chi connectivity index (χ4v) is 3.57. The molecule has 8 nitrogen and oxygen atoms in total. The van der Waals surface area contributed by atoms with Gasteiger partial charge < -0.3 is 5.32 Å².